The quantitative estimate of drug-likeness (QED) is 0.816. The number of hydrogen-bond acceptors (Lipinski definition) is 3. The van der Waals surface area contributed by atoms with E-state index in [0.717, 1.165) is 17.5 Å². The zero-order valence-corrected chi connectivity index (χ0v) is 12.3. The lowest BCUT2D eigenvalue weighted by molar-refractivity contribution is -0.126. The van der Waals surface area contributed by atoms with Crippen molar-refractivity contribution in [3.05, 3.63) is 59.7 Å². The lowest BCUT2D eigenvalue weighted by Crippen LogP contribution is -2.41. The van der Waals surface area contributed by atoms with Crippen molar-refractivity contribution in [1.29, 1.82) is 5.26 Å². The number of fused-ring (bicyclic) bond motifs is 1. The molecule has 4 heteroatoms. The Morgan fingerprint density at radius 3 is 2.68 bits per heavy atom. The van der Waals surface area contributed by atoms with E-state index in [-0.39, 0.29) is 12.5 Å². The van der Waals surface area contributed by atoms with Gasteiger partial charge in [-0.25, -0.2) is 0 Å². The molecule has 0 aliphatic carbocycles. The molecule has 1 aliphatic rings. The number of ether oxygens (including phenoxy) is 1. The second-order valence-electron chi connectivity index (χ2n) is 5.15. The predicted molar refractivity (Wildman–Crippen MR) is 83.6 cm³/mol. The highest BCUT2D eigenvalue weighted by molar-refractivity contribution is 6.01. The summed E-state index contributed by atoms with van der Waals surface area (Å²) >= 11 is 0. The summed E-state index contributed by atoms with van der Waals surface area (Å²) in [6.07, 6.45) is 0.166. The summed E-state index contributed by atoms with van der Waals surface area (Å²) in [6.45, 7) is 2.07. The van der Waals surface area contributed by atoms with E-state index in [0.29, 0.717) is 11.4 Å². The summed E-state index contributed by atoms with van der Waals surface area (Å²) in [4.78, 5) is 14.2. The van der Waals surface area contributed by atoms with Gasteiger partial charge in [0.15, 0.2) is 0 Å². The molecule has 4 nitrogen and oxygen atoms in total. The van der Waals surface area contributed by atoms with E-state index in [1.54, 1.807) is 0 Å². The average Bonchev–Trinajstić information content (AvgIpc) is 2.57. The van der Waals surface area contributed by atoms with E-state index in [1.807, 2.05) is 48.5 Å². The van der Waals surface area contributed by atoms with Gasteiger partial charge in [0, 0.05) is 5.56 Å². The van der Waals surface area contributed by atoms with Crippen LogP contribution in [0, 0.1) is 11.3 Å². The second-order valence-corrected chi connectivity index (χ2v) is 5.15. The van der Waals surface area contributed by atoms with Crippen LogP contribution in [0.4, 0.5) is 5.69 Å². The SMILES string of the molecule is CCc1ccc2c(c1)N(CC#N)C(=O)C(c1ccccc1)O2. The molecule has 0 spiro atoms. The molecule has 2 aromatic rings. The summed E-state index contributed by atoms with van der Waals surface area (Å²) in [7, 11) is 0. The molecule has 0 aromatic heterocycles. The van der Waals surface area contributed by atoms with Crippen LogP contribution in [0.2, 0.25) is 0 Å². The third-order valence-electron chi connectivity index (χ3n) is 3.79. The van der Waals surface area contributed by atoms with Crippen molar-refractivity contribution >= 4 is 11.6 Å². The average molecular weight is 292 g/mol. The number of hydrogen-bond donors (Lipinski definition) is 0. The van der Waals surface area contributed by atoms with Gasteiger partial charge >= 0.3 is 0 Å². The molecule has 0 fully saturated rings. The summed E-state index contributed by atoms with van der Waals surface area (Å²) in [5.41, 5.74) is 2.58. The van der Waals surface area contributed by atoms with Crippen molar-refractivity contribution in [2.24, 2.45) is 0 Å². The first-order valence-corrected chi connectivity index (χ1v) is 7.27. The smallest absolute Gasteiger partial charge is 0.273 e. The maximum Gasteiger partial charge on any atom is 0.273 e. The van der Waals surface area contributed by atoms with E-state index in [4.69, 9.17) is 10.00 Å². The molecule has 0 N–H and O–H groups in total. The molecule has 1 atom stereocenters. The fourth-order valence-corrected chi connectivity index (χ4v) is 2.60. The zero-order chi connectivity index (χ0) is 15.5. The monoisotopic (exact) mass is 292 g/mol. The molecule has 22 heavy (non-hydrogen) atoms. The number of anilines is 1. The van der Waals surface area contributed by atoms with Gasteiger partial charge < -0.3 is 4.74 Å². The topological polar surface area (TPSA) is 53.3 Å². The highest BCUT2D eigenvalue weighted by Crippen LogP contribution is 2.39. The number of aryl methyl sites for hydroxylation is 1. The maximum atomic E-state index is 12.7. The van der Waals surface area contributed by atoms with Crippen LogP contribution in [-0.4, -0.2) is 12.5 Å². The van der Waals surface area contributed by atoms with Crippen LogP contribution >= 0.6 is 0 Å². The fraction of sp³-hybridized carbons (Fsp3) is 0.222. The number of benzene rings is 2. The molecular formula is C18H16N2O2. The maximum absolute atomic E-state index is 12.7. The van der Waals surface area contributed by atoms with Gasteiger partial charge in [-0.3, -0.25) is 9.69 Å². The first-order chi connectivity index (χ1) is 10.7. The summed E-state index contributed by atoms with van der Waals surface area (Å²) < 4.78 is 5.91. The van der Waals surface area contributed by atoms with Crippen LogP contribution in [0.1, 0.15) is 24.2 Å². The zero-order valence-electron chi connectivity index (χ0n) is 12.3. The van der Waals surface area contributed by atoms with Crippen LogP contribution in [0.3, 0.4) is 0 Å². The van der Waals surface area contributed by atoms with E-state index >= 15 is 0 Å². The van der Waals surface area contributed by atoms with E-state index < -0.39 is 6.10 Å². The minimum absolute atomic E-state index is 0.0195. The summed E-state index contributed by atoms with van der Waals surface area (Å²) in [6, 6.07) is 17.2. The Bertz CT molecular complexity index is 734. The van der Waals surface area contributed by atoms with Gasteiger partial charge in [-0.2, -0.15) is 5.26 Å². The van der Waals surface area contributed by atoms with Crippen LogP contribution in [0.5, 0.6) is 5.75 Å². The molecule has 0 radical (unpaired) electrons. The highest BCUT2D eigenvalue weighted by Gasteiger charge is 2.35. The Morgan fingerprint density at radius 2 is 2.00 bits per heavy atom. The lowest BCUT2D eigenvalue weighted by Gasteiger charge is -2.33. The standard InChI is InChI=1S/C18H16N2O2/c1-2-13-8-9-16-15(12-13)20(11-10-19)18(21)17(22-16)14-6-4-3-5-7-14/h3-9,12,17H,2,11H2,1H3. The van der Waals surface area contributed by atoms with Gasteiger partial charge in [0.1, 0.15) is 12.3 Å². The van der Waals surface area contributed by atoms with E-state index in [1.165, 1.54) is 4.90 Å². The summed E-state index contributed by atoms with van der Waals surface area (Å²) in [5.74, 6) is 0.439. The summed E-state index contributed by atoms with van der Waals surface area (Å²) in [5, 5.41) is 9.06. The van der Waals surface area contributed by atoms with Crippen molar-refractivity contribution in [2.75, 3.05) is 11.4 Å². The molecule has 2 aromatic carbocycles. The Kier molecular flexibility index (Phi) is 3.80. The Morgan fingerprint density at radius 1 is 1.23 bits per heavy atom. The molecule has 1 amide bonds. The van der Waals surface area contributed by atoms with Crippen LogP contribution < -0.4 is 9.64 Å². The number of amides is 1. The van der Waals surface area contributed by atoms with E-state index in [9.17, 15) is 4.79 Å². The Balaban J connectivity index is 2.06. The predicted octanol–water partition coefficient (Wildman–Crippen LogP) is 3.24. The minimum Gasteiger partial charge on any atom is -0.474 e. The van der Waals surface area contributed by atoms with Gasteiger partial charge in [0.2, 0.25) is 6.10 Å². The third-order valence-corrected chi connectivity index (χ3v) is 3.79. The molecule has 1 heterocycles. The molecule has 0 bridgehead atoms. The van der Waals surface area contributed by atoms with Crippen molar-refractivity contribution < 1.29 is 9.53 Å². The Labute approximate surface area is 129 Å². The fourth-order valence-electron chi connectivity index (χ4n) is 2.60. The van der Waals surface area contributed by atoms with Gasteiger partial charge in [-0.15, -0.1) is 0 Å². The third kappa shape index (κ3) is 2.42. The van der Waals surface area contributed by atoms with Gasteiger partial charge in [0.25, 0.3) is 5.91 Å². The van der Waals surface area contributed by atoms with Gasteiger partial charge in [-0.05, 0) is 24.1 Å². The second kappa shape index (κ2) is 5.90. The molecule has 0 saturated carbocycles. The van der Waals surface area contributed by atoms with Crippen LogP contribution in [0.25, 0.3) is 0 Å². The molecule has 110 valence electrons. The minimum atomic E-state index is -0.700. The van der Waals surface area contributed by atoms with Gasteiger partial charge in [-0.1, -0.05) is 43.3 Å². The first kappa shape index (κ1) is 14.2. The number of carbonyl (C=O) groups excluding carboxylic acids is 1. The molecular weight excluding hydrogens is 276 g/mol. The van der Waals surface area contributed by atoms with Crippen LogP contribution in [0.15, 0.2) is 48.5 Å². The normalized spacial score (nSPS) is 16.6. The van der Waals surface area contributed by atoms with E-state index in [2.05, 4.69) is 13.0 Å². The van der Waals surface area contributed by atoms with Crippen molar-refractivity contribution in [3.8, 4) is 11.8 Å². The van der Waals surface area contributed by atoms with Crippen molar-refractivity contribution in [1.82, 2.24) is 0 Å². The largest absolute Gasteiger partial charge is 0.474 e. The number of carbonyl (C=O) groups is 1. The van der Waals surface area contributed by atoms with Crippen LogP contribution in [-0.2, 0) is 11.2 Å². The number of nitrogens with zero attached hydrogens (tertiary/aromatic N) is 2. The Hall–Kier alpha value is -2.80. The molecule has 1 aliphatic heterocycles. The molecule has 3 rings (SSSR count). The van der Waals surface area contributed by atoms with Crippen molar-refractivity contribution in [3.63, 3.8) is 0 Å². The lowest BCUT2D eigenvalue weighted by atomic mass is 10.0. The number of nitriles is 1. The molecule has 1 unspecified atom stereocenters. The van der Waals surface area contributed by atoms with Gasteiger partial charge in [0.05, 0.1) is 11.8 Å². The first-order valence-electron chi connectivity index (χ1n) is 7.27. The highest BCUT2D eigenvalue weighted by atomic mass is 16.5. The van der Waals surface area contributed by atoms with Crippen molar-refractivity contribution in [2.45, 2.75) is 19.4 Å². The number of rotatable bonds is 3. The molecule has 0 saturated heterocycles.